The molecule has 2 heterocycles. The number of hydrogen-bond acceptors (Lipinski definition) is 7. The molecular weight excluding hydrogens is 753 g/mol. The van der Waals surface area contributed by atoms with E-state index in [4.69, 9.17) is 16.2 Å². The Bertz CT molecular complexity index is 1460. The van der Waals surface area contributed by atoms with Crippen molar-refractivity contribution < 1.29 is 23.9 Å². The molecule has 4 amide bonds. The Morgan fingerprint density at radius 3 is 1.68 bits per heavy atom. The van der Waals surface area contributed by atoms with E-state index < -0.39 is 0 Å². The van der Waals surface area contributed by atoms with Crippen LogP contribution >= 0.6 is 0 Å². The lowest BCUT2D eigenvalue weighted by atomic mass is 10.00. The van der Waals surface area contributed by atoms with Crippen molar-refractivity contribution in [3.8, 4) is 5.75 Å². The first kappa shape index (κ1) is 50.4. The van der Waals surface area contributed by atoms with Gasteiger partial charge in [-0.3, -0.25) is 19.2 Å². The van der Waals surface area contributed by atoms with E-state index in [1.165, 1.54) is 51.4 Å². The van der Waals surface area contributed by atoms with Crippen molar-refractivity contribution >= 4 is 23.6 Å². The second-order valence-corrected chi connectivity index (χ2v) is 16.7. The quantitative estimate of drug-likeness (QED) is 0.0633. The van der Waals surface area contributed by atoms with Crippen molar-refractivity contribution in [3.05, 3.63) is 65.7 Å². The first-order valence-electron chi connectivity index (χ1n) is 23.7. The van der Waals surface area contributed by atoms with Gasteiger partial charge in [-0.15, -0.1) is 0 Å². The number of nitrogens with one attached hydrogen (secondary N) is 2. The maximum atomic E-state index is 13.0. The lowest BCUT2D eigenvalue weighted by molar-refractivity contribution is -0.141. The lowest BCUT2D eigenvalue weighted by Gasteiger charge is -2.35. The summed E-state index contributed by atoms with van der Waals surface area (Å²) < 4.78 is 5.82. The van der Waals surface area contributed by atoms with Crippen LogP contribution in [0.2, 0.25) is 0 Å². The van der Waals surface area contributed by atoms with Crippen LogP contribution in [-0.2, 0) is 32.2 Å². The number of rotatable bonds is 28. The zero-order chi connectivity index (χ0) is 43.0. The maximum absolute atomic E-state index is 13.0. The molecule has 0 aliphatic carbocycles. The maximum Gasteiger partial charge on any atom is 0.242 e. The van der Waals surface area contributed by atoms with Gasteiger partial charge in [0, 0.05) is 32.6 Å². The molecule has 2 saturated heterocycles. The van der Waals surface area contributed by atoms with Crippen molar-refractivity contribution in [1.82, 2.24) is 20.4 Å². The molecular formula is C49H80N6O5. The van der Waals surface area contributed by atoms with Gasteiger partial charge in [-0.2, -0.15) is 0 Å². The summed E-state index contributed by atoms with van der Waals surface area (Å²) in [6.07, 6.45) is 23.9. The molecule has 2 aliphatic heterocycles. The monoisotopic (exact) mass is 833 g/mol. The average Bonchev–Trinajstić information content (AvgIpc) is 3.78. The molecule has 2 aromatic rings. The fraction of sp³-hybridized carbons (Fsp3) is 0.673. The second-order valence-electron chi connectivity index (χ2n) is 16.7. The molecule has 6 N–H and O–H groups in total. The van der Waals surface area contributed by atoms with Gasteiger partial charge in [0.15, 0.2) is 0 Å². The number of amides is 4. The Balaban J connectivity index is 0.000000324. The number of nitrogens with two attached hydrogens (primary N) is 2. The molecule has 0 aromatic heterocycles. The molecule has 336 valence electrons. The van der Waals surface area contributed by atoms with Crippen LogP contribution in [0.5, 0.6) is 5.75 Å². The average molecular weight is 833 g/mol. The molecule has 11 nitrogen and oxygen atoms in total. The minimum Gasteiger partial charge on any atom is -0.489 e. The molecule has 2 fully saturated rings. The van der Waals surface area contributed by atoms with Crippen LogP contribution in [0, 0.1) is 0 Å². The van der Waals surface area contributed by atoms with Crippen LogP contribution in [0.25, 0.3) is 0 Å². The van der Waals surface area contributed by atoms with Gasteiger partial charge in [0.2, 0.25) is 23.6 Å². The van der Waals surface area contributed by atoms with Crippen LogP contribution in [0.4, 0.5) is 0 Å². The predicted octanol–water partition coefficient (Wildman–Crippen LogP) is 7.97. The van der Waals surface area contributed by atoms with E-state index in [-0.39, 0.29) is 35.7 Å². The van der Waals surface area contributed by atoms with Gasteiger partial charge in [-0.05, 0) is 101 Å². The van der Waals surface area contributed by atoms with Crippen molar-refractivity contribution in [1.29, 1.82) is 0 Å². The Labute approximate surface area is 362 Å². The Hall–Kier alpha value is -3.96. The highest BCUT2D eigenvalue weighted by molar-refractivity contribution is 5.89. The van der Waals surface area contributed by atoms with Crippen molar-refractivity contribution in [2.45, 2.75) is 173 Å². The minimum atomic E-state index is -0.362. The summed E-state index contributed by atoms with van der Waals surface area (Å²) in [6.45, 7) is 6.86. The number of carbonyl (C=O) groups is 4. The Morgan fingerprint density at radius 1 is 0.583 bits per heavy atom. The Kier molecular flexibility index (Phi) is 26.8. The summed E-state index contributed by atoms with van der Waals surface area (Å²) in [5.41, 5.74) is 13.0. The smallest absolute Gasteiger partial charge is 0.242 e. The van der Waals surface area contributed by atoms with E-state index in [2.05, 4.69) is 17.6 Å². The molecule has 0 bridgehead atoms. The molecule has 11 heteroatoms. The van der Waals surface area contributed by atoms with E-state index in [1.54, 1.807) is 4.90 Å². The fourth-order valence-electron chi connectivity index (χ4n) is 8.02. The van der Waals surface area contributed by atoms with Crippen LogP contribution in [0.15, 0.2) is 54.6 Å². The lowest BCUT2D eigenvalue weighted by Crippen LogP contribution is -2.52. The fourth-order valence-corrected chi connectivity index (χ4v) is 8.02. The molecule has 0 spiro atoms. The number of carbonyl (C=O) groups excluding carboxylic acids is 4. The van der Waals surface area contributed by atoms with Gasteiger partial charge in [0.25, 0.3) is 0 Å². The molecule has 2 atom stereocenters. The SMILES string of the molecule is CCCCCCCCCCCCC(=O)N1CCCC1C(=O)NCCCCCN.NCCCCCNC(=O)C1CCCCN1C(=O)Cc1ccc(OCc2ccccc2)cc1. The van der Waals surface area contributed by atoms with Crippen LogP contribution in [0.1, 0.15) is 159 Å². The van der Waals surface area contributed by atoms with E-state index >= 15 is 0 Å². The molecule has 2 aromatic carbocycles. The number of nitrogens with zero attached hydrogens (tertiary/aromatic N) is 2. The first-order valence-corrected chi connectivity index (χ1v) is 23.7. The second kappa shape index (κ2) is 31.8. The number of hydrogen-bond donors (Lipinski definition) is 4. The first-order chi connectivity index (χ1) is 29.4. The molecule has 2 unspecified atom stereocenters. The number of piperidine rings is 1. The summed E-state index contributed by atoms with van der Waals surface area (Å²) in [5, 5.41) is 6.01. The normalized spacial score (nSPS) is 16.2. The van der Waals surface area contributed by atoms with E-state index in [0.29, 0.717) is 52.2 Å². The number of ether oxygens (including phenoxy) is 1. The van der Waals surface area contributed by atoms with Gasteiger partial charge < -0.3 is 36.6 Å². The van der Waals surface area contributed by atoms with Gasteiger partial charge in [-0.1, -0.05) is 120 Å². The Morgan fingerprint density at radius 2 is 1.10 bits per heavy atom. The van der Waals surface area contributed by atoms with Crippen LogP contribution in [0.3, 0.4) is 0 Å². The standard InChI is InChI=1S/C26H35N3O3.C23H45N3O2/c27-16-6-2-7-17-28-26(31)24-11-5-8-18-29(24)25(30)19-21-12-14-23(15-13-21)32-20-22-9-3-1-4-10-22;1-2-3-4-5-6-7-8-9-10-12-17-22(27)26-20-15-16-21(26)23(28)25-19-14-11-13-18-24/h1,3-4,9-10,12-15,24H,2,5-8,11,16-20,27H2,(H,28,31);21H,2-20,24H2,1H3,(H,25,28). The molecule has 60 heavy (non-hydrogen) atoms. The highest BCUT2D eigenvalue weighted by Crippen LogP contribution is 2.22. The molecule has 0 saturated carbocycles. The number of likely N-dealkylation sites (tertiary alicyclic amines) is 2. The van der Waals surface area contributed by atoms with E-state index in [9.17, 15) is 19.2 Å². The van der Waals surface area contributed by atoms with Crippen molar-refractivity contribution in [3.63, 3.8) is 0 Å². The van der Waals surface area contributed by atoms with Crippen LogP contribution in [-0.4, -0.2) is 84.8 Å². The topological polar surface area (TPSA) is 160 Å². The summed E-state index contributed by atoms with van der Waals surface area (Å²) in [7, 11) is 0. The summed E-state index contributed by atoms with van der Waals surface area (Å²) in [5.74, 6) is 0.943. The zero-order valence-electron chi connectivity index (χ0n) is 37.2. The number of unbranched alkanes of at least 4 members (excludes halogenated alkanes) is 13. The largest absolute Gasteiger partial charge is 0.489 e. The molecule has 4 rings (SSSR count). The summed E-state index contributed by atoms with van der Waals surface area (Å²) in [6, 6.07) is 17.0. The minimum absolute atomic E-state index is 0.00550. The van der Waals surface area contributed by atoms with Crippen molar-refractivity contribution in [2.24, 2.45) is 11.5 Å². The van der Waals surface area contributed by atoms with E-state index in [1.807, 2.05) is 59.5 Å². The highest BCUT2D eigenvalue weighted by atomic mass is 16.5. The van der Waals surface area contributed by atoms with Gasteiger partial charge >= 0.3 is 0 Å². The van der Waals surface area contributed by atoms with Gasteiger partial charge in [0.05, 0.1) is 6.42 Å². The third kappa shape index (κ3) is 20.5. The highest BCUT2D eigenvalue weighted by Gasteiger charge is 2.34. The van der Waals surface area contributed by atoms with Gasteiger partial charge in [0.1, 0.15) is 24.4 Å². The summed E-state index contributed by atoms with van der Waals surface area (Å²) >= 11 is 0. The van der Waals surface area contributed by atoms with Crippen molar-refractivity contribution in [2.75, 3.05) is 39.3 Å². The number of benzene rings is 2. The molecule has 0 radical (unpaired) electrons. The van der Waals surface area contributed by atoms with Crippen LogP contribution < -0.4 is 26.8 Å². The zero-order valence-corrected chi connectivity index (χ0v) is 37.2. The third-order valence-electron chi connectivity index (χ3n) is 11.6. The summed E-state index contributed by atoms with van der Waals surface area (Å²) in [4.78, 5) is 54.2. The third-order valence-corrected chi connectivity index (χ3v) is 11.6. The van der Waals surface area contributed by atoms with E-state index in [0.717, 1.165) is 107 Å². The predicted molar refractivity (Wildman–Crippen MR) is 243 cm³/mol. The molecule has 2 aliphatic rings. The van der Waals surface area contributed by atoms with Gasteiger partial charge in [-0.25, -0.2) is 0 Å².